The van der Waals surface area contributed by atoms with Gasteiger partial charge in [-0.2, -0.15) is 5.10 Å². The molecule has 2 atom stereocenters. The number of rotatable bonds is 6. The van der Waals surface area contributed by atoms with Crippen LogP contribution in [0.4, 0.5) is 0 Å². The van der Waals surface area contributed by atoms with Crippen molar-refractivity contribution >= 4 is 5.78 Å². The Balaban J connectivity index is 1.50. The summed E-state index contributed by atoms with van der Waals surface area (Å²) in [5.74, 6) is 1.70. The quantitative estimate of drug-likeness (QED) is 0.684. The molecule has 0 amide bonds. The van der Waals surface area contributed by atoms with E-state index < -0.39 is 0 Å². The van der Waals surface area contributed by atoms with Gasteiger partial charge in [0.1, 0.15) is 0 Å². The van der Waals surface area contributed by atoms with Gasteiger partial charge in [-0.05, 0) is 18.6 Å². The molecule has 7 nitrogen and oxygen atoms in total. The van der Waals surface area contributed by atoms with Crippen LogP contribution in [-0.2, 0) is 18.3 Å². The van der Waals surface area contributed by atoms with E-state index in [1.165, 1.54) is 5.56 Å². The van der Waals surface area contributed by atoms with Gasteiger partial charge in [0.05, 0.1) is 18.5 Å². The standard InChI is InChI=1S/C18H24N6O/c1-3-25-13-15-9-23(12-17(15)14-7-20-22(2)8-14)10-16-11-24-6-4-5-19-18(24)21-16/h4-8,11,15,17H,3,9-10,12-13H2,1-2H3/t15-,17-/m0/s1. The Morgan fingerprint density at radius 2 is 2.20 bits per heavy atom. The van der Waals surface area contributed by atoms with E-state index in [0.29, 0.717) is 11.8 Å². The summed E-state index contributed by atoms with van der Waals surface area (Å²) in [5, 5.41) is 4.35. The van der Waals surface area contributed by atoms with Crippen LogP contribution in [0, 0.1) is 5.92 Å². The fraction of sp³-hybridized carbons (Fsp3) is 0.500. The van der Waals surface area contributed by atoms with Crippen molar-refractivity contribution in [2.24, 2.45) is 13.0 Å². The third kappa shape index (κ3) is 3.43. The molecule has 0 spiro atoms. The minimum atomic E-state index is 0.454. The third-order valence-corrected chi connectivity index (χ3v) is 4.88. The van der Waals surface area contributed by atoms with Gasteiger partial charge in [-0.25, -0.2) is 9.97 Å². The minimum Gasteiger partial charge on any atom is -0.381 e. The Hall–Kier alpha value is -2.25. The van der Waals surface area contributed by atoms with Crippen molar-refractivity contribution in [1.29, 1.82) is 0 Å². The molecule has 132 valence electrons. The number of imidazole rings is 1. The van der Waals surface area contributed by atoms with Crippen LogP contribution in [0.3, 0.4) is 0 Å². The van der Waals surface area contributed by atoms with Crippen molar-refractivity contribution in [3.8, 4) is 0 Å². The van der Waals surface area contributed by atoms with Crippen molar-refractivity contribution in [3.05, 3.63) is 48.3 Å². The second-order valence-corrected chi connectivity index (χ2v) is 6.73. The van der Waals surface area contributed by atoms with Gasteiger partial charge in [0.2, 0.25) is 5.78 Å². The molecule has 0 unspecified atom stereocenters. The number of ether oxygens (including phenoxy) is 1. The van der Waals surface area contributed by atoms with E-state index in [9.17, 15) is 0 Å². The molecule has 3 aromatic rings. The van der Waals surface area contributed by atoms with Crippen LogP contribution in [0.1, 0.15) is 24.1 Å². The van der Waals surface area contributed by atoms with Crippen LogP contribution in [0.15, 0.2) is 37.1 Å². The van der Waals surface area contributed by atoms with Crippen LogP contribution in [0.25, 0.3) is 5.78 Å². The second-order valence-electron chi connectivity index (χ2n) is 6.73. The van der Waals surface area contributed by atoms with Gasteiger partial charge in [0.15, 0.2) is 0 Å². The summed E-state index contributed by atoms with van der Waals surface area (Å²) >= 11 is 0. The molecule has 25 heavy (non-hydrogen) atoms. The van der Waals surface area contributed by atoms with Gasteiger partial charge in [0, 0.05) is 69.9 Å². The zero-order valence-corrected chi connectivity index (χ0v) is 14.7. The lowest BCUT2D eigenvalue weighted by atomic mass is 9.92. The van der Waals surface area contributed by atoms with Crippen LogP contribution in [-0.4, -0.2) is 55.4 Å². The van der Waals surface area contributed by atoms with Crippen molar-refractivity contribution in [3.63, 3.8) is 0 Å². The zero-order chi connectivity index (χ0) is 17.2. The summed E-state index contributed by atoms with van der Waals surface area (Å²) < 4.78 is 9.59. The Kier molecular flexibility index (Phi) is 4.50. The fourth-order valence-electron chi connectivity index (χ4n) is 3.72. The summed E-state index contributed by atoms with van der Waals surface area (Å²) in [6.45, 7) is 6.46. The summed E-state index contributed by atoms with van der Waals surface area (Å²) in [6.07, 6.45) is 9.94. The summed E-state index contributed by atoms with van der Waals surface area (Å²) in [6, 6.07) is 1.92. The number of aryl methyl sites for hydroxylation is 1. The van der Waals surface area contributed by atoms with E-state index in [-0.39, 0.29) is 0 Å². The molecule has 1 saturated heterocycles. The first kappa shape index (κ1) is 16.2. The fourth-order valence-corrected chi connectivity index (χ4v) is 3.72. The summed E-state index contributed by atoms with van der Waals surface area (Å²) in [4.78, 5) is 11.4. The highest BCUT2D eigenvalue weighted by molar-refractivity contribution is 5.29. The zero-order valence-electron chi connectivity index (χ0n) is 14.7. The van der Waals surface area contributed by atoms with E-state index >= 15 is 0 Å². The Morgan fingerprint density at radius 3 is 2.96 bits per heavy atom. The highest BCUT2D eigenvalue weighted by atomic mass is 16.5. The largest absolute Gasteiger partial charge is 0.381 e. The number of nitrogens with zero attached hydrogens (tertiary/aromatic N) is 6. The van der Waals surface area contributed by atoms with Gasteiger partial charge < -0.3 is 4.74 Å². The van der Waals surface area contributed by atoms with E-state index in [1.54, 1.807) is 6.20 Å². The SMILES string of the molecule is CCOC[C@@H]1CN(Cc2cn3cccnc3n2)C[C@H]1c1cnn(C)c1. The van der Waals surface area contributed by atoms with E-state index in [1.807, 2.05) is 34.6 Å². The van der Waals surface area contributed by atoms with Crippen molar-refractivity contribution < 1.29 is 4.74 Å². The van der Waals surface area contributed by atoms with Gasteiger partial charge in [-0.1, -0.05) is 0 Å². The summed E-state index contributed by atoms with van der Waals surface area (Å²) in [7, 11) is 1.97. The molecule has 3 aromatic heterocycles. The predicted octanol–water partition coefficient (Wildman–Crippen LogP) is 1.71. The molecule has 1 fully saturated rings. The average molecular weight is 340 g/mol. The molecule has 0 radical (unpaired) electrons. The van der Waals surface area contributed by atoms with Gasteiger partial charge in [0.25, 0.3) is 0 Å². The molecule has 0 bridgehead atoms. The minimum absolute atomic E-state index is 0.454. The van der Waals surface area contributed by atoms with Crippen LogP contribution in [0.5, 0.6) is 0 Å². The van der Waals surface area contributed by atoms with E-state index in [2.05, 4.69) is 39.3 Å². The number of hydrogen-bond donors (Lipinski definition) is 0. The average Bonchev–Trinajstić information content (AvgIpc) is 3.30. The molecule has 1 aliphatic heterocycles. The Bertz CT molecular complexity index is 808. The van der Waals surface area contributed by atoms with Crippen molar-refractivity contribution in [2.45, 2.75) is 19.4 Å². The number of fused-ring (bicyclic) bond motifs is 1. The third-order valence-electron chi connectivity index (χ3n) is 4.88. The van der Waals surface area contributed by atoms with Crippen LogP contribution < -0.4 is 0 Å². The smallest absolute Gasteiger partial charge is 0.233 e. The number of aromatic nitrogens is 5. The van der Waals surface area contributed by atoms with Crippen LogP contribution >= 0.6 is 0 Å². The topological polar surface area (TPSA) is 60.5 Å². The Labute approximate surface area is 147 Å². The maximum Gasteiger partial charge on any atom is 0.233 e. The highest BCUT2D eigenvalue weighted by Gasteiger charge is 2.34. The molecule has 0 N–H and O–H groups in total. The lowest BCUT2D eigenvalue weighted by Crippen LogP contribution is -2.21. The molecule has 4 rings (SSSR count). The molecular weight excluding hydrogens is 316 g/mol. The molecule has 0 aromatic carbocycles. The monoisotopic (exact) mass is 340 g/mol. The van der Waals surface area contributed by atoms with Crippen molar-refractivity contribution in [1.82, 2.24) is 29.0 Å². The molecule has 0 aliphatic carbocycles. The number of likely N-dealkylation sites (tertiary alicyclic amines) is 1. The lowest BCUT2D eigenvalue weighted by Gasteiger charge is -2.16. The van der Waals surface area contributed by atoms with Gasteiger partial charge in [-0.3, -0.25) is 14.0 Å². The first-order chi connectivity index (χ1) is 12.2. The maximum atomic E-state index is 5.74. The predicted molar refractivity (Wildman–Crippen MR) is 94.2 cm³/mol. The molecule has 7 heteroatoms. The van der Waals surface area contributed by atoms with Crippen LogP contribution in [0.2, 0.25) is 0 Å². The summed E-state index contributed by atoms with van der Waals surface area (Å²) in [5.41, 5.74) is 2.35. The van der Waals surface area contributed by atoms with E-state index in [4.69, 9.17) is 4.74 Å². The lowest BCUT2D eigenvalue weighted by molar-refractivity contribution is 0.107. The van der Waals surface area contributed by atoms with Gasteiger partial charge >= 0.3 is 0 Å². The highest BCUT2D eigenvalue weighted by Crippen LogP contribution is 2.33. The molecule has 0 saturated carbocycles. The maximum absolute atomic E-state index is 5.74. The number of hydrogen-bond acceptors (Lipinski definition) is 5. The molecular formula is C18H24N6O. The molecule has 1 aliphatic rings. The van der Waals surface area contributed by atoms with Crippen molar-refractivity contribution in [2.75, 3.05) is 26.3 Å². The molecule has 4 heterocycles. The first-order valence-electron chi connectivity index (χ1n) is 8.80. The normalized spacial score (nSPS) is 21.4. The second kappa shape index (κ2) is 6.93. The Morgan fingerprint density at radius 1 is 1.28 bits per heavy atom. The van der Waals surface area contributed by atoms with E-state index in [0.717, 1.165) is 44.3 Å². The first-order valence-corrected chi connectivity index (χ1v) is 8.80. The van der Waals surface area contributed by atoms with Gasteiger partial charge in [-0.15, -0.1) is 0 Å².